The highest BCUT2D eigenvalue weighted by molar-refractivity contribution is 7.05. The first-order valence-electron chi connectivity index (χ1n) is 10.9. The molecule has 0 N–H and O–H groups in total. The number of piperidine rings is 1. The van der Waals surface area contributed by atoms with Crippen LogP contribution in [0.5, 0.6) is 5.75 Å². The summed E-state index contributed by atoms with van der Waals surface area (Å²) in [6, 6.07) is 16.0. The fraction of sp³-hybridized carbons (Fsp3) is 0.400. The molecule has 3 atom stereocenters. The molecule has 0 aliphatic carbocycles. The predicted octanol–water partition coefficient (Wildman–Crippen LogP) is 6.03. The van der Waals surface area contributed by atoms with Gasteiger partial charge in [-0.15, -0.1) is 0 Å². The molecular weight excluding hydrogens is 423 g/mol. The Balaban J connectivity index is 0.000000382. The molecule has 32 heavy (non-hydrogen) atoms. The lowest BCUT2D eigenvalue weighted by atomic mass is 9.85. The van der Waals surface area contributed by atoms with E-state index in [2.05, 4.69) is 45.4 Å². The highest BCUT2D eigenvalue weighted by Gasteiger charge is 2.36. The van der Waals surface area contributed by atoms with E-state index < -0.39 is 0 Å². The number of benzene rings is 2. The molecule has 0 spiro atoms. The largest absolute Gasteiger partial charge is 0.493 e. The molecule has 5 rings (SSSR count). The van der Waals surface area contributed by atoms with E-state index in [1.54, 1.807) is 6.33 Å². The van der Waals surface area contributed by atoms with E-state index in [0.717, 1.165) is 42.1 Å². The SMILES string of the molecule is Cc1ccc2c(c1)OCC[C@@H]2N1CC[C@H](C#N)CC1c1ccc(F)cc1.Cc1ncns1.[HH]. The number of aromatic nitrogens is 2. The third kappa shape index (κ3) is 5.14. The second-order valence-electron chi connectivity index (χ2n) is 8.31. The molecule has 1 aromatic heterocycles. The zero-order chi connectivity index (χ0) is 22.5. The number of halogens is 1. The first kappa shape index (κ1) is 22.4. The van der Waals surface area contributed by atoms with E-state index in [9.17, 15) is 9.65 Å². The smallest absolute Gasteiger partial charge is 0.129 e. The number of hydrogen-bond acceptors (Lipinski definition) is 6. The average molecular weight is 453 g/mol. The molecule has 5 nitrogen and oxygen atoms in total. The Morgan fingerprint density at radius 1 is 1.16 bits per heavy atom. The van der Waals surface area contributed by atoms with Gasteiger partial charge >= 0.3 is 0 Å². The van der Waals surface area contributed by atoms with Crippen LogP contribution in [0.4, 0.5) is 4.39 Å². The maximum Gasteiger partial charge on any atom is 0.129 e. The normalized spacial score (nSPS) is 22.6. The zero-order valence-corrected chi connectivity index (χ0v) is 19.2. The summed E-state index contributed by atoms with van der Waals surface area (Å²) in [6.07, 6.45) is 4.17. The molecule has 2 aliphatic rings. The third-order valence-electron chi connectivity index (χ3n) is 6.13. The molecule has 2 aliphatic heterocycles. The Bertz CT molecular complexity index is 1070. The molecule has 168 valence electrons. The summed E-state index contributed by atoms with van der Waals surface area (Å²) in [5.41, 5.74) is 3.51. The van der Waals surface area contributed by atoms with Crippen LogP contribution in [0.1, 0.15) is 54.5 Å². The van der Waals surface area contributed by atoms with Gasteiger partial charge in [-0.2, -0.15) is 9.64 Å². The monoisotopic (exact) mass is 452 g/mol. The Hall–Kier alpha value is -2.82. The van der Waals surface area contributed by atoms with Gasteiger partial charge in [0.1, 0.15) is 22.9 Å². The lowest BCUT2D eigenvalue weighted by molar-refractivity contribution is 0.0551. The van der Waals surface area contributed by atoms with Crippen LogP contribution in [0, 0.1) is 36.9 Å². The van der Waals surface area contributed by atoms with Crippen molar-refractivity contribution in [3.8, 4) is 11.8 Å². The van der Waals surface area contributed by atoms with Gasteiger partial charge in [0.15, 0.2) is 0 Å². The number of nitriles is 1. The number of aryl methyl sites for hydroxylation is 2. The van der Waals surface area contributed by atoms with Crippen molar-refractivity contribution in [3.05, 3.63) is 76.3 Å². The van der Waals surface area contributed by atoms with Crippen molar-refractivity contribution >= 4 is 11.5 Å². The van der Waals surface area contributed by atoms with Crippen molar-refractivity contribution in [2.45, 2.75) is 45.2 Å². The molecule has 3 heterocycles. The average Bonchev–Trinajstić information content (AvgIpc) is 3.30. The first-order valence-corrected chi connectivity index (χ1v) is 11.7. The Kier molecular flexibility index (Phi) is 7.13. The molecule has 0 radical (unpaired) electrons. The van der Waals surface area contributed by atoms with Gasteiger partial charge in [-0.1, -0.05) is 24.3 Å². The van der Waals surface area contributed by atoms with Gasteiger partial charge in [0.05, 0.1) is 12.7 Å². The standard InChI is InChI=1S/C22H23FN2O.C3H4N2S.H2/c1-15-2-7-19-20(9-11-26-22(19)12-15)25-10-8-16(14-24)13-21(25)17-3-5-18(23)6-4-17;1-3-4-2-5-6-3;/h2-7,12,16,20-21H,8-11,13H2,1H3;2H,1H3;1H/t16-,20-,21?;;/m0../s1. The molecule has 1 saturated heterocycles. The number of likely N-dealkylation sites (tertiary alicyclic amines) is 1. The molecule has 0 saturated carbocycles. The lowest BCUT2D eigenvalue weighted by Gasteiger charge is -2.44. The fourth-order valence-corrected chi connectivity index (χ4v) is 4.88. The molecule has 2 aromatic carbocycles. The van der Waals surface area contributed by atoms with Crippen LogP contribution in [0.15, 0.2) is 48.8 Å². The van der Waals surface area contributed by atoms with E-state index in [-0.39, 0.29) is 25.2 Å². The maximum atomic E-state index is 13.4. The van der Waals surface area contributed by atoms with Gasteiger partial charge in [0.25, 0.3) is 0 Å². The van der Waals surface area contributed by atoms with Crippen molar-refractivity contribution in [2.24, 2.45) is 5.92 Å². The van der Waals surface area contributed by atoms with Gasteiger partial charge in [0, 0.05) is 38.0 Å². The first-order chi connectivity index (χ1) is 15.5. The minimum Gasteiger partial charge on any atom is -0.493 e. The topological polar surface area (TPSA) is 62.0 Å². The van der Waals surface area contributed by atoms with Crippen molar-refractivity contribution < 1.29 is 10.6 Å². The molecule has 0 amide bonds. The van der Waals surface area contributed by atoms with E-state index in [1.807, 2.05) is 19.1 Å². The summed E-state index contributed by atoms with van der Waals surface area (Å²) in [5, 5.41) is 10.5. The second-order valence-corrected chi connectivity index (χ2v) is 9.29. The van der Waals surface area contributed by atoms with E-state index in [0.29, 0.717) is 6.61 Å². The van der Waals surface area contributed by atoms with Crippen LogP contribution in [-0.2, 0) is 0 Å². The van der Waals surface area contributed by atoms with Crippen molar-refractivity contribution in [1.29, 1.82) is 5.26 Å². The second kappa shape index (κ2) is 10.2. The van der Waals surface area contributed by atoms with E-state index >= 15 is 0 Å². The minimum absolute atomic E-state index is 0. The third-order valence-corrected chi connectivity index (χ3v) is 6.70. The molecule has 1 unspecified atom stereocenters. The fourth-order valence-electron chi connectivity index (χ4n) is 4.54. The van der Waals surface area contributed by atoms with Crippen LogP contribution < -0.4 is 4.74 Å². The van der Waals surface area contributed by atoms with E-state index in [1.165, 1.54) is 34.8 Å². The highest BCUT2D eigenvalue weighted by atomic mass is 32.1. The molecule has 3 aromatic rings. The number of fused-ring (bicyclic) bond motifs is 1. The number of rotatable bonds is 2. The van der Waals surface area contributed by atoms with Crippen LogP contribution >= 0.6 is 11.5 Å². The summed E-state index contributed by atoms with van der Waals surface area (Å²) in [6.45, 7) is 5.58. The van der Waals surface area contributed by atoms with Crippen LogP contribution in [0.25, 0.3) is 0 Å². The number of ether oxygens (including phenoxy) is 1. The Morgan fingerprint density at radius 2 is 1.97 bits per heavy atom. The van der Waals surface area contributed by atoms with Gasteiger partial charge in [-0.05, 0) is 67.5 Å². The molecular formula is C25H29FN4OS. The van der Waals surface area contributed by atoms with Crippen molar-refractivity contribution in [2.75, 3.05) is 13.2 Å². The van der Waals surface area contributed by atoms with Gasteiger partial charge < -0.3 is 4.74 Å². The summed E-state index contributed by atoms with van der Waals surface area (Å²) in [7, 11) is 0. The Labute approximate surface area is 194 Å². The molecule has 0 bridgehead atoms. The van der Waals surface area contributed by atoms with E-state index in [4.69, 9.17) is 4.74 Å². The number of nitrogens with zero attached hydrogens (tertiary/aromatic N) is 4. The summed E-state index contributed by atoms with van der Waals surface area (Å²) < 4.78 is 23.0. The van der Waals surface area contributed by atoms with Crippen LogP contribution in [0.3, 0.4) is 0 Å². The van der Waals surface area contributed by atoms with Gasteiger partial charge in [-0.25, -0.2) is 9.37 Å². The summed E-state index contributed by atoms with van der Waals surface area (Å²) in [4.78, 5) is 6.32. The molecule has 1 fully saturated rings. The molecule has 7 heteroatoms. The van der Waals surface area contributed by atoms with Crippen molar-refractivity contribution in [1.82, 2.24) is 14.3 Å². The van der Waals surface area contributed by atoms with Crippen LogP contribution in [0.2, 0.25) is 0 Å². The van der Waals surface area contributed by atoms with Crippen molar-refractivity contribution in [3.63, 3.8) is 0 Å². The minimum atomic E-state index is -0.222. The summed E-state index contributed by atoms with van der Waals surface area (Å²) >= 11 is 1.42. The Morgan fingerprint density at radius 3 is 2.62 bits per heavy atom. The highest BCUT2D eigenvalue weighted by Crippen LogP contribution is 2.44. The van der Waals surface area contributed by atoms with Gasteiger partial charge in [0.2, 0.25) is 0 Å². The zero-order valence-electron chi connectivity index (χ0n) is 18.4. The summed E-state index contributed by atoms with van der Waals surface area (Å²) in [5.74, 6) is 0.806. The quantitative estimate of drug-likeness (QED) is 0.475. The van der Waals surface area contributed by atoms with Crippen LogP contribution in [-0.4, -0.2) is 27.4 Å². The van der Waals surface area contributed by atoms with Gasteiger partial charge in [-0.3, -0.25) is 4.90 Å². The predicted molar refractivity (Wildman–Crippen MR) is 125 cm³/mol. The lowest BCUT2D eigenvalue weighted by Crippen LogP contribution is -2.41. The maximum absolute atomic E-state index is 13.4. The number of hydrogen-bond donors (Lipinski definition) is 0.